The van der Waals surface area contributed by atoms with E-state index >= 15 is 0 Å². The molecule has 0 spiro atoms. The van der Waals surface area contributed by atoms with Gasteiger partial charge in [-0.1, -0.05) is 23.7 Å². The van der Waals surface area contributed by atoms with E-state index in [0.717, 1.165) is 0 Å². The zero-order valence-corrected chi connectivity index (χ0v) is 14.4. The number of methoxy groups -OCH3 is 1. The van der Waals surface area contributed by atoms with Crippen molar-refractivity contribution in [3.63, 3.8) is 0 Å². The number of benzene rings is 2. The zero-order valence-electron chi connectivity index (χ0n) is 13.7. The van der Waals surface area contributed by atoms with Crippen LogP contribution in [0.25, 0.3) is 5.76 Å². The molecule has 1 aliphatic rings. The minimum atomic E-state index is -0.712. The second-order valence-electron chi connectivity index (χ2n) is 5.69. The van der Waals surface area contributed by atoms with Gasteiger partial charge in [0, 0.05) is 17.6 Å². The first kappa shape index (κ1) is 17.0. The van der Waals surface area contributed by atoms with Gasteiger partial charge in [-0.2, -0.15) is 0 Å². The third kappa shape index (κ3) is 2.98. The Morgan fingerprint density at radius 2 is 1.68 bits per heavy atom. The van der Waals surface area contributed by atoms with E-state index in [0.29, 0.717) is 21.9 Å². The molecule has 6 heteroatoms. The van der Waals surface area contributed by atoms with Crippen molar-refractivity contribution < 1.29 is 19.4 Å². The smallest absolute Gasteiger partial charge is 0.295 e. The monoisotopic (exact) mass is 357 g/mol. The number of nitrogens with zero attached hydrogens (tertiary/aromatic N) is 1. The third-order valence-corrected chi connectivity index (χ3v) is 4.48. The Bertz CT molecular complexity index is 856. The lowest BCUT2D eigenvalue weighted by Crippen LogP contribution is -2.24. The summed E-state index contributed by atoms with van der Waals surface area (Å²) >= 11 is 5.91. The lowest BCUT2D eigenvalue weighted by atomic mass is 9.95. The molecular formula is C19H16ClNO4. The van der Waals surface area contributed by atoms with Crippen molar-refractivity contribution in [3.05, 3.63) is 70.3 Å². The lowest BCUT2D eigenvalue weighted by Gasteiger charge is -2.21. The summed E-state index contributed by atoms with van der Waals surface area (Å²) in [7, 11) is 3.08. The van der Waals surface area contributed by atoms with E-state index in [9.17, 15) is 14.7 Å². The van der Waals surface area contributed by atoms with Crippen LogP contribution in [0.5, 0.6) is 5.75 Å². The Morgan fingerprint density at radius 1 is 1.08 bits per heavy atom. The minimum Gasteiger partial charge on any atom is -0.507 e. The van der Waals surface area contributed by atoms with Crippen LogP contribution in [-0.4, -0.2) is 35.9 Å². The van der Waals surface area contributed by atoms with Gasteiger partial charge in [-0.15, -0.1) is 0 Å². The van der Waals surface area contributed by atoms with Crippen LogP contribution >= 0.6 is 11.6 Å². The molecule has 1 fully saturated rings. The van der Waals surface area contributed by atoms with Crippen molar-refractivity contribution in [2.24, 2.45) is 0 Å². The molecule has 1 saturated heterocycles. The number of amides is 1. The quantitative estimate of drug-likeness (QED) is 0.519. The van der Waals surface area contributed by atoms with Gasteiger partial charge in [0.1, 0.15) is 11.5 Å². The number of halogens is 1. The van der Waals surface area contributed by atoms with Crippen molar-refractivity contribution in [2.45, 2.75) is 6.04 Å². The highest BCUT2D eigenvalue weighted by Crippen LogP contribution is 2.38. The SMILES string of the molecule is COc1ccc(C(O)=C2C(=O)C(=O)N(C)[C@@H]2c2ccc(Cl)cc2)cc1. The maximum absolute atomic E-state index is 12.4. The normalized spacial score (nSPS) is 19.3. The fraction of sp³-hybridized carbons (Fsp3) is 0.158. The van der Waals surface area contributed by atoms with E-state index in [1.165, 1.54) is 19.1 Å². The predicted octanol–water partition coefficient (Wildman–Crippen LogP) is 3.40. The first-order chi connectivity index (χ1) is 11.9. The first-order valence-electron chi connectivity index (χ1n) is 7.58. The molecule has 0 radical (unpaired) electrons. The van der Waals surface area contributed by atoms with Gasteiger partial charge < -0.3 is 14.7 Å². The number of ketones is 1. The second kappa shape index (κ2) is 6.61. The van der Waals surface area contributed by atoms with Crippen LogP contribution in [0.1, 0.15) is 17.2 Å². The number of aliphatic hydroxyl groups excluding tert-OH is 1. The number of likely N-dealkylation sites (tertiary alicyclic amines) is 1. The molecule has 0 saturated carbocycles. The van der Waals surface area contributed by atoms with Gasteiger partial charge in [0.2, 0.25) is 0 Å². The van der Waals surface area contributed by atoms with Crippen LogP contribution in [0.2, 0.25) is 5.02 Å². The van der Waals surface area contributed by atoms with Gasteiger partial charge in [-0.3, -0.25) is 9.59 Å². The molecular weight excluding hydrogens is 342 g/mol. The maximum atomic E-state index is 12.4. The molecule has 1 atom stereocenters. The third-order valence-electron chi connectivity index (χ3n) is 4.22. The van der Waals surface area contributed by atoms with Gasteiger partial charge in [-0.05, 0) is 42.0 Å². The summed E-state index contributed by atoms with van der Waals surface area (Å²) in [4.78, 5) is 26.0. The van der Waals surface area contributed by atoms with Gasteiger partial charge >= 0.3 is 0 Å². The fourth-order valence-electron chi connectivity index (χ4n) is 2.89. The molecule has 128 valence electrons. The molecule has 0 unspecified atom stereocenters. The van der Waals surface area contributed by atoms with Gasteiger partial charge in [0.15, 0.2) is 0 Å². The molecule has 0 bridgehead atoms. The van der Waals surface area contributed by atoms with Crippen molar-refractivity contribution in [1.29, 1.82) is 0 Å². The minimum absolute atomic E-state index is 0.0555. The van der Waals surface area contributed by atoms with Gasteiger partial charge in [0.05, 0.1) is 18.7 Å². The van der Waals surface area contributed by atoms with Crippen molar-refractivity contribution >= 4 is 29.1 Å². The number of aliphatic hydroxyl groups is 1. The van der Waals surface area contributed by atoms with E-state index in [2.05, 4.69) is 0 Å². The summed E-state index contributed by atoms with van der Waals surface area (Å²) < 4.78 is 5.09. The van der Waals surface area contributed by atoms with Crippen LogP contribution in [-0.2, 0) is 9.59 Å². The average Bonchev–Trinajstić information content (AvgIpc) is 2.86. The highest BCUT2D eigenvalue weighted by molar-refractivity contribution is 6.46. The van der Waals surface area contributed by atoms with E-state index in [1.54, 1.807) is 48.5 Å². The van der Waals surface area contributed by atoms with E-state index < -0.39 is 17.7 Å². The fourth-order valence-corrected chi connectivity index (χ4v) is 3.01. The molecule has 1 amide bonds. The molecule has 1 aliphatic heterocycles. The number of rotatable bonds is 3. The van der Waals surface area contributed by atoms with Gasteiger partial charge in [0.25, 0.3) is 11.7 Å². The Morgan fingerprint density at radius 3 is 2.24 bits per heavy atom. The van der Waals surface area contributed by atoms with E-state index in [4.69, 9.17) is 16.3 Å². The Balaban J connectivity index is 2.12. The molecule has 25 heavy (non-hydrogen) atoms. The summed E-state index contributed by atoms with van der Waals surface area (Å²) in [5.74, 6) is -0.960. The lowest BCUT2D eigenvalue weighted by molar-refractivity contribution is -0.139. The molecule has 2 aromatic carbocycles. The standard InChI is InChI=1S/C19H16ClNO4/c1-21-16(11-3-7-13(20)8-4-11)15(18(23)19(21)24)17(22)12-5-9-14(25-2)10-6-12/h3-10,16,22H,1-2H3/t16-/m1/s1. The molecule has 5 nitrogen and oxygen atoms in total. The highest BCUT2D eigenvalue weighted by atomic mass is 35.5. The summed E-state index contributed by atoms with van der Waals surface area (Å²) in [6, 6.07) is 12.8. The summed E-state index contributed by atoms with van der Waals surface area (Å²) in [5, 5.41) is 11.2. The van der Waals surface area contributed by atoms with Crippen LogP contribution in [0.3, 0.4) is 0 Å². The Kier molecular flexibility index (Phi) is 4.51. The van der Waals surface area contributed by atoms with Crippen LogP contribution in [0, 0.1) is 0 Å². The van der Waals surface area contributed by atoms with E-state index in [1.807, 2.05) is 0 Å². The number of likely N-dealkylation sites (N-methyl/N-ethyl adjacent to an activating group) is 1. The molecule has 0 aromatic heterocycles. The van der Waals surface area contributed by atoms with Crippen molar-refractivity contribution in [2.75, 3.05) is 14.2 Å². The summed E-state index contributed by atoms with van der Waals surface area (Å²) in [5.41, 5.74) is 1.19. The summed E-state index contributed by atoms with van der Waals surface area (Å²) in [6.45, 7) is 0. The number of Topliss-reactive ketones (excluding diaryl/α,β-unsaturated/α-hetero) is 1. The Hall–Kier alpha value is -2.79. The number of hydrogen-bond donors (Lipinski definition) is 1. The molecule has 0 aliphatic carbocycles. The van der Waals surface area contributed by atoms with E-state index in [-0.39, 0.29) is 11.3 Å². The second-order valence-corrected chi connectivity index (χ2v) is 6.13. The number of carbonyl (C=O) groups excluding carboxylic acids is 2. The van der Waals surface area contributed by atoms with Gasteiger partial charge in [-0.25, -0.2) is 0 Å². The van der Waals surface area contributed by atoms with Crippen LogP contribution < -0.4 is 4.74 Å². The van der Waals surface area contributed by atoms with Crippen molar-refractivity contribution in [3.8, 4) is 5.75 Å². The molecule has 1 heterocycles. The Labute approximate surface area is 150 Å². The first-order valence-corrected chi connectivity index (χ1v) is 7.96. The molecule has 2 aromatic rings. The largest absolute Gasteiger partial charge is 0.507 e. The highest BCUT2D eigenvalue weighted by Gasteiger charge is 2.44. The van der Waals surface area contributed by atoms with Crippen molar-refractivity contribution in [1.82, 2.24) is 4.90 Å². The number of carbonyl (C=O) groups is 2. The molecule has 3 rings (SSSR count). The maximum Gasteiger partial charge on any atom is 0.295 e. The zero-order chi connectivity index (χ0) is 18.1. The van der Waals surface area contributed by atoms with Crippen LogP contribution in [0.4, 0.5) is 0 Å². The summed E-state index contributed by atoms with van der Waals surface area (Å²) in [6.07, 6.45) is 0. The topological polar surface area (TPSA) is 66.8 Å². The average molecular weight is 358 g/mol. The van der Waals surface area contributed by atoms with Crippen LogP contribution in [0.15, 0.2) is 54.1 Å². The number of hydrogen-bond acceptors (Lipinski definition) is 4. The molecule has 1 N–H and O–H groups in total. The number of ether oxygens (including phenoxy) is 1. The predicted molar refractivity (Wildman–Crippen MR) is 94.5 cm³/mol.